The molecule has 0 aliphatic heterocycles. The van der Waals surface area contributed by atoms with Gasteiger partial charge in [0.15, 0.2) is 0 Å². The molecule has 2 aromatic rings. The predicted octanol–water partition coefficient (Wildman–Crippen LogP) is 3.61. The van der Waals surface area contributed by atoms with Crippen molar-refractivity contribution in [1.29, 1.82) is 0 Å². The summed E-state index contributed by atoms with van der Waals surface area (Å²) in [7, 11) is 0. The van der Waals surface area contributed by atoms with E-state index in [-0.39, 0.29) is 0 Å². The topological polar surface area (TPSA) is 42.4 Å². The maximum Gasteiger partial charge on any atom is 0.137 e. The zero-order chi connectivity index (χ0) is 13.7. The smallest absolute Gasteiger partial charge is 0.137 e. The van der Waals surface area contributed by atoms with E-state index in [4.69, 9.17) is 16.3 Å². The molecule has 0 spiro atoms. The van der Waals surface area contributed by atoms with Gasteiger partial charge < -0.3 is 9.84 Å². The molecule has 0 bridgehead atoms. The van der Waals surface area contributed by atoms with Crippen LogP contribution in [0.4, 0.5) is 0 Å². The van der Waals surface area contributed by atoms with E-state index in [0.29, 0.717) is 22.9 Å². The molecule has 0 saturated heterocycles. The van der Waals surface area contributed by atoms with Crippen LogP contribution in [0.1, 0.15) is 30.6 Å². The van der Waals surface area contributed by atoms with E-state index in [1.54, 1.807) is 30.6 Å². The number of halogens is 1. The first-order valence-corrected chi connectivity index (χ1v) is 6.59. The molecule has 1 unspecified atom stereocenters. The second-order valence-electron chi connectivity index (χ2n) is 4.26. The highest BCUT2D eigenvalue weighted by atomic mass is 35.5. The quantitative estimate of drug-likeness (QED) is 0.908. The third-order valence-corrected chi connectivity index (χ3v) is 2.92. The van der Waals surface area contributed by atoms with Gasteiger partial charge in [-0.15, -0.1) is 0 Å². The first kappa shape index (κ1) is 13.8. The Kier molecular flexibility index (Phi) is 4.77. The number of aromatic nitrogens is 1. The van der Waals surface area contributed by atoms with Crippen LogP contribution >= 0.6 is 11.6 Å². The number of hydrogen-bond acceptors (Lipinski definition) is 3. The van der Waals surface area contributed by atoms with Gasteiger partial charge in [0, 0.05) is 16.8 Å². The predicted molar refractivity (Wildman–Crippen MR) is 75.5 cm³/mol. The molecule has 1 aromatic carbocycles. The minimum absolute atomic E-state index is 0.600. The maximum atomic E-state index is 10.3. The summed E-state index contributed by atoms with van der Waals surface area (Å²) in [5.41, 5.74) is 1.43. The van der Waals surface area contributed by atoms with Crippen LogP contribution in [0.5, 0.6) is 5.75 Å². The van der Waals surface area contributed by atoms with Crippen LogP contribution in [-0.4, -0.2) is 16.7 Å². The zero-order valence-electron chi connectivity index (χ0n) is 10.7. The number of rotatable bonds is 5. The molecule has 1 N–H and O–H groups in total. The third kappa shape index (κ3) is 3.69. The number of aliphatic hydroxyl groups excluding tert-OH is 1. The van der Waals surface area contributed by atoms with E-state index in [0.717, 1.165) is 12.0 Å². The lowest BCUT2D eigenvalue weighted by Crippen LogP contribution is -2.02. The third-order valence-electron chi connectivity index (χ3n) is 2.69. The van der Waals surface area contributed by atoms with Crippen molar-refractivity contribution in [1.82, 2.24) is 4.98 Å². The van der Waals surface area contributed by atoms with Gasteiger partial charge in [0.05, 0.1) is 12.8 Å². The van der Waals surface area contributed by atoms with E-state index in [9.17, 15) is 5.11 Å². The second kappa shape index (κ2) is 6.55. The number of benzene rings is 1. The summed E-state index contributed by atoms with van der Waals surface area (Å²) in [6.45, 7) is 2.68. The molecule has 0 aliphatic carbocycles. The molecule has 1 atom stereocenters. The molecule has 4 heteroatoms. The molecule has 3 nitrogen and oxygen atoms in total. The molecule has 2 rings (SSSR count). The number of nitrogens with zero attached hydrogens (tertiary/aromatic N) is 1. The summed E-state index contributed by atoms with van der Waals surface area (Å²) in [4.78, 5) is 4.09. The molecule has 100 valence electrons. The Morgan fingerprint density at radius 2 is 2.11 bits per heavy atom. The molecule has 0 aliphatic rings. The molecule has 1 aromatic heterocycles. The first-order chi connectivity index (χ1) is 9.20. The van der Waals surface area contributed by atoms with Gasteiger partial charge in [-0.25, -0.2) is 0 Å². The van der Waals surface area contributed by atoms with Crippen molar-refractivity contribution >= 4 is 11.6 Å². The van der Waals surface area contributed by atoms with E-state index in [1.807, 2.05) is 19.1 Å². The Labute approximate surface area is 117 Å². The monoisotopic (exact) mass is 277 g/mol. The number of ether oxygens (including phenoxy) is 1. The van der Waals surface area contributed by atoms with Gasteiger partial charge in [0.1, 0.15) is 11.9 Å². The summed E-state index contributed by atoms with van der Waals surface area (Å²) < 4.78 is 5.51. The fraction of sp³-hybridized carbons (Fsp3) is 0.267. The molecule has 0 saturated carbocycles. The molecule has 19 heavy (non-hydrogen) atoms. The van der Waals surface area contributed by atoms with Gasteiger partial charge in [0.2, 0.25) is 0 Å². The molecule has 0 fully saturated rings. The Hall–Kier alpha value is -1.58. The Bertz CT molecular complexity index is 545. The number of aliphatic hydroxyl groups is 1. The van der Waals surface area contributed by atoms with Gasteiger partial charge in [0.25, 0.3) is 0 Å². The van der Waals surface area contributed by atoms with Crippen molar-refractivity contribution < 1.29 is 9.84 Å². The van der Waals surface area contributed by atoms with Crippen LogP contribution in [-0.2, 0) is 0 Å². The normalized spacial score (nSPS) is 12.2. The second-order valence-corrected chi connectivity index (χ2v) is 4.70. The van der Waals surface area contributed by atoms with Gasteiger partial charge >= 0.3 is 0 Å². The summed E-state index contributed by atoms with van der Waals surface area (Å²) >= 11 is 5.92. The zero-order valence-corrected chi connectivity index (χ0v) is 11.5. The summed E-state index contributed by atoms with van der Waals surface area (Å²) in [6, 6.07) is 8.96. The largest absolute Gasteiger partial charge is 0.492 e. The van der Waals surface area contributed by atoms with Gasteiger partial charge in [-0.3, -0.25) is 4.98 Å². The maximum absolute atomic E-state index is 10.3. The van der Waals surface area contributed by atoms with E-state index in [1.165, 1.54) is 0 Å². The summed E-state index contributed by atoms with van der Waals surface area (Å²) in [6.07, 6.45) is 3.45. The standard InChI is InChI=1S/C15H16ClNO2/c1-2-6-19-14-8-12(9-17-10-14)15(18)11-4-3-5-13(16)7-11/h3-5,7-10,15,18H,2,6H2,1H3. The van der Waals surface area contributed by atoms with Crippen LogP contribution in [0.15, 0.2) is 42.7 Å². The molecule has 0 amide bonds. The van der Waals surface area contributed by atoms with Crippen LogP contribution in [0.25, 0.3) is 0 Å². The fourth-order valence-corrected chi connectivity index (χ4v) is 1.95. The lowest BCUT2D eigenvalue weighted by atomic mass is 10.0. The lowest BCUT2D eigenvalue weighted by molar-refractivity contribution is 0.218. The molecule has 1 heterocycles. The molecular weight excluding hydrogens is 262 g/mol. The highest BCUT2D eigenvalue weighted by molar-refractivity contribution is 6.30. The van der Waals surface area contributed by atoms with Crippen LogP contribution in [0.2, 0.25) is 5.02 Å². The molecule has 0 radical (unpaired) electrons. The van der Waals surface area contributed by atoms with Crippen LogP contribution in [0, 0.1) is 0 Å². The summed E-state index contributed by atoms with van der Waals surface area (Å²) in [5, 5.41) is 10.9. The highest BCUT2D eigenvalue weighted by Gasteiger charge is 2.12. The van der Waals surface area contributed by atoms with E-state index < -0.39 is 6.10 Å². The minimum Gasteiger partial charge on any atom is -0.492 e. The van der Waals surface area contributed by atoms with Gasteiger partial charge in [-0.1, -0.05) is 30.7 Å². The van der Waals surface area contributed by atoms with Crippen molar-refractivity contribution in [2.75, 3.05) is 6.61 Å². The SMILES string of the molecule is CCCOc1cncc(C(O)c2cccc(Cl)c2)c1. The van der Waals surface area contributed by atoms with E-state index in [2.05, 4.69) is 4.98 Å². The highest BCUT2D eigenvalue weighted by Crippen LogP contribution is 2.25. The van der Waals surface area contributed by atoms with Crippen molar-refractivity contribution in [3.8, 4) is 5.75 Å². The van der Waals surface area contributed by atoms with Crippen LogP contribution in [0.3, 0.4) is 0 Å². The first-order valence-electron chi connectivity index (χ1n) is 6.22. The van der Waals surface area contributed by atoms with Crippen molar-refractivity contribution in [3.05, 3.63) is 58.9 Å². The summed E-state index contributed by atoms with van der Waals surface area (Å²) in [5.74, 6) is 0.667. The van der Waals surface area contributed by atoms with Crippen molar-refractivity contribution in [3.63, 3.8) is 0 Å². The van der Waals surface area contributed by atoms with Gasteiger partial charge in [-0.05, 0) is 30.2 Å². The fourth-order valence-electron chi connectivity index (χ4n) is 1.75. The molecular formula is C15H16ClNO2. The number of hydrogen-bond donors (Lipinski definition) is 1. The van der Waals surface area contributed by atoms with Gasteiger partial charge in [-0.2, -0.15) is 0 Å². The van der Waals surface area contributed by atoms with Crippen molar-refractivity contribution in [2.45, 2.75) is 19.4 Å². The number of pyridine rings is 1. The van der Waals surface area contributed by atoms with E-state index >= 15 is 0 Å². The minimum atomic E-state index is -0.753. The Balaban J connectivity index is 2.21. The Morgan fingerprint density at radius 1 is 1.26 bits per heavy atom. The Morgan fingerprint density at radius 3 is 2.84 bits per heavy atom. The van der Waals surface area contributed by atoms with Crippen LogP contribution < -0.4 is 4.74 Å². The lowest BCUT2D eigenvalue weighted by Gasteiger charge is -2.13. The average molecular weight is 278 g/mol. The average Bonchev–Trinajstić information content (AvgIpc) is 2.44. The van der Waals surface area contributed by atoms with Crippen molar-refractivity contribution in [2.24, 2.45) is 0 Å².